The van der Waals surface area contributed by atoms with Gasteiger partial charge in [0.25, 0.3) is 0 Å². The molecule has 180 valence electrons. The van der Waals surface area contributed by atoms with Gasteiger partial charge in [0.15, 0.2) is 16.9 Å². The van der Waals surface area contributed by atoms with Crippen LogP contribution < -0.4 is 15.8 Å². The van der Waals surface area contributed by atoms with Crippen molar-refractivity contribution in [1.82, 2.24) is 19.5 Å². The van der Waals surface area contributed by atoms with Gasteiger partial charge in [0.1, 0.15) is 11.4 Å². The number of rotatable bonds is 5. The zero-order valence-electron chi connectivity index (χ0n) is 19.8. The summed E-state index contributed by atoms with van der Waals surface area (Å²) in [5.74, 6) is 3.34. The number of benzene rings is 2. The van der Waals surface area contributed by atoms with E-state index in [9.17, 15) is 4.79 Å². The highest BCUT2D eigenvalue weighted by molar-refractivity contribution is 7.24. The van der Waals surface area contributed by atoms with Crippen LogP contribution in [0.15, 0.2) is 59.4 Å². The summed E-state index contributed by atoms with van der Waals surface area (Å²) in [6.45, 7) is 3.66. The molecule has 2 aromatic carbocycles. The lowest BCUT2D eigenvalue weighted by atomic mass is 10.2. The van der Waals surface area contributed by atoms with Gasteiger partial charge >= 0.3 is 0 Å². The Balaban J connectivity index is 1.45. The molecule has 9 heteroatoms. The Labute approximate surface area is 211 Å². The second-order valence-electron chi connectivity index (χ2n) is 8.86. The molecule has 0 bridgehead atoms. The van der Waals surface area contributed by atoms with E-state index < -0.39 is 0 Å². The maximum Gasteiger partial charge on any atom is 0.198 e. The fourth-order valence-electron chi connectivity index (χ4n) is 4.54. The van der Waals surface area contributed by atoms with E-state index in [1.807, 2.05) is 59.0 Å². The summed E-state index contributed by atoms with van der Waals surface area (Å²) >= 11 is 1.55. The normalized spacial score (nSPS) is 14.5. The van der Waals surface area contributed by atoms with Gasteiger partial charge in [0.05, 0.1) is 26.9 Å². The Hall–Kier alpha value is -3.97. The molecule has 1 N–H and O–H groups in total. The minimum Gasteiger partial charge on any atom is -0.353 e. The molecule has 1 aliphatic heterocycles. The smallest absolute Gasteiger partial charge is 0.198 e. The van der Waals surface area contributed by atoms with Crippen LogP contribution in [-0.4, -0.2) is 52.7 Å². The third kappa shape index (κ3) is 3.95. The summed E-state index contributed by atoms with van der Waals surface area (Å²) in [4.78, 5) is 24.9. The van der Waals surface area contributed by atoms with Crippen molar-refractivity contribution in [3.63, 3.8) is 0 Å². The van der Waals surface area contributed by atoms with E-state index in [4.69, 9.17) is 11.3 Å². The number of fused-ring (bicyclic) bond motifs is 5. The van der Waals surface area contributed by atoms with Gasteiger partial charge < -0.3 is 9.80 Å². The van der Waals surface area contributed by atoms with Gasteiger partial charge in [-0.3, -0.25) is 19.5 Å². The molecule has 0 radical (unpaired) electrons. The van der Waals surface area contributed by atoms with Crippen LogP contribution in [0.25, 0.3) is 26.1 Å². The van der Waals surface area contributed by atoms with Crippen molar-refractivity contribution in [2.24, 2.45) is 0 Å². The number of aromatic nitrogens is 3. The molecule has 6 rings (SSSR count). The van der Waals surface area contributed by atoms with Crippen molar-refractivity contribution in [2.75, 3.05) is 43.6 Å². The number of piperazine rings is 1. The number of nitrogens with one attached hydrogen (secondary N) is 1. The SMILES string of the molecule is C#Cc1cccc(NOCc2c(=O)c3cc(N4CCN(C)CC4)nnc3n3c2sc2ccccc23)c1. The number of terminal acetylenes is 1. The maximum absolute atomic E-state index is 13.8. The minimum absolute atomic E-state index is 0.0809. The Kier molecular flexibility index (Phi) is 5.77. The molecule has 0 amide bonds. The number of hydrogen-bond acceptors (Lipinski definition) is 8. The number of para-hydroxylation sites is 1. The van der Waals surface area contributed by atoms with Gasteiger partial charge in [-0.2, -0.15) is 0 Å². The average Bonchev–Trinajstić information content (AvgIpc) is 3.30. The lowest BCUT2D eigenvalue weighted by molar-refractivity contribution is 0.180. The minimum atomic E-state index is -0.0963. The number of nitrogens with zero attached hydrogens (tertiary/aromatic N) is 5. The number of pyridine rings is 1. The predicted molar refractivity (Wildman–Crippen MR) is 145 cm³/mol. The predicted octanol–water partition coefficient (Wildman–Crippen LogP) is 3.73. The second kappa shape index (κ2) is 9.24. The molecule has 3 aromatic heterocycles. The van der Waals surface area contributed by atoms with Crippen LogP contribution in [0.1, 0.15) is 11.1 Å². The van der Waals surface area contributed by atoms with Gasteiger partial charge in [-0.15, -0.1) is 28.0 Å². The average molecular weight is 497 g/mol. The fourth-order valence-corrected chi connectivity index (χ4v) is 5.71. The second-order valence-corrected chi connectivity index (χ2v) is 9.89. The van der Waals surface area contributed by atoms with Crippen LogP contribution in [0.5, 0.6) is 0 Å². The Morgan fingerprint density at radius 3 is 2.75 bits per heavy atom. The topological polar surface area (TPSA) is 75.0 Å². The summed E-state index contributed by atoms with van der Waals surface area (Å²) < 4.78 is 3.08. The van der Waals surface area contributed by atoms with Crippen LogP contribution in [0.3, 0.4) is 0 Å². The van der Waals surface area contributed by atoms with E-state index >= 15 is 0 Å². The van der Waals surface area contributed by atoms with Crippen LogP contribution in [0, 0.1) is 12.3 Å². The molecule has 0 atom stereocenters. The van der Waals surface area contributed by atoms with Crippen LogP contribution >= 0.6 is 11.3 Å². The Morgan fingerprint density at radius 1 is 1.08 bits per heavy atom. The highest BCUT2D eigenvalue weighted by Gasteiger charge is 2.21. The zero-order chi connectivity index (χ0) is 24.6. The maximum atomic E-state index is 13.8. The van der Waals surface area contributed by atoms with E-state index in [1.54, 1.807) is 11.3 Å². The number of thiazole rings is 1. The number of anilines is 2. The zero-order valence-corrected chi connectivity index (χ0v) is 20.6. The van der Waals surface area contributed by atoms with Crippen molar-refractivity contribution in [3.05, 3.63) is 75.9 Å². The van der Waals surface area contributed by atoms with Crippen LogP contribution in [-0.2, 0) is 11.4 Å². The van der Waals surface area contributed by atoms with E-state index in [0.29, 0.717) is 16.6 Å². The van der Waals surface area contributed by atoms with Crippen molar-refractivity contribution in [1.29, 1.82) is 0 Å². The van der Waals surface area contributed by atoms with Crippen molar-refractivity contribution in [2.45, 2.75) is 6.61 Å². The lowest BCUT2D eigenvalue weighted by Crippen LogP contribution is -2.44. The van der Waals surface area contributed by atoms with Crippen LogP contribution in [0.2, 0.25) is 0 Å². The molecule has 5 aromatic rings. The summed E-state index contributed by atoms with van der Waals surface area (Å²) in [5.41, 5.74) is 6.42. The first-order valence-corrected chi connectivity index (χ1v) is 12.5. The van der Waals surface area contributed by atoms with Gasteiger partial charge in [-0.1, -0.05) is 24.1 Å². The van der Waals surface area contributed by atoms with E-state index in [0.717, 1.165) is 58.3 Å². The lowest BCUT2D eigenvalue weighted by Gasteiger charge is -2.32. The number of hydrogen-bond donors (Lipinski definition) is 1. The summed E-state index contributed by atoms with van der Waals surface area (Å²) in [6.07, 6.45) is 5.50. The van der Waals surface area contributed by atoms with Crippen LogP contribution in [0.4, 0.5) is 11.5 Å². The monoisotopic (exact) mass is 496 g/mol. The van der Waals surface area contributed by atoms with E-state index in [2.05, 4.69) is 38.4 Å². The van der Waals surface area contributed by atoms with Gasteiger partial charge in [-0.25, -0.2) is 0 Å². The molecule has 8 nitrogen and oxygen atoms in total. The highest BCUT2D eigenvalue weighted by Crippen LogP contribution is 2.31. The Morgan fingerprint density at radius 2 is 1.92 bits per heavy atom. The summed E-state index contributed by atoms with van der Waals surface area (Å²) in [6, 6.07) is 17.3. The van der Waals surface area contributed by atoms with E-state index in [1.165, 1.54) is 0 Å². The first-order valence-electron chi connectivity index (χ1n) is 11.7. The molecule has 1 fully saturated rings. The number of likely N-dealkylation sites (N-methyl/N-ethyl adjacent to an activating group) is 1. The third-order valence-electron chi connectivity index (χ3n) is 6.53. The van der Waals surface area contributed by atoms with Gasteiger partial charge in [0.2, 0.25) is 0 Å². The fraction of sp³-hybridized carbons (Fsp3) is 0.222. The molecular formula is C27H24N6O2S. The first kappa shape index (κ1) is 22.5. The third-order valence-corrected chi connectivity index (χ3v) is 7.72. The molecule has 1 aliphatic rings. The molecule has 36 heavy (non-hydrogen) atoms. The summed E-state index contributed by atoms with van der Waals surface area (Å²) in [5, 5.41) is 9.62. The van der Waals surface area contributed by atoms with Crippen molar-refractivity contribution in [3.8, 4) is 12.3 Å². The van der Waals surface area contributed by atoms with Crippen molar-refractivity contribution < 1.29 is 4.84 Å². The van der Waals surface area contributed by atoms with Gasteiger partial charge in [-0.05, 0) is 43.4 Å². The van der Waals surface area contributed by atoms with Crippen molar-refractivity contribution >= 4 is 48.9 Å². The highest BCUT2D eigenvalue weighted by atomic mass is 32.1. The first-order chi connectivity index (χ1) is 17.6. The summed E-state index contributed by atoms with van der Waals surface area (Å²) in [7, 11) is 2.11. The molecule has 0 saturated carbocycles. The van der Waals surface area contributed by atoms with E-state index in [-0.39, 0.29) is 12.0 Å². The largest absolute Gasteiger partial charge is 0.353 e. The molecule has 0 aliphatic carbocycles. The molecule has 1 saturated heterocycles. The molecule has 4 heterocycles. The molecule has 0 spiro atoms. The molecule has 0 unspecified atom stereocenters. The Bertz CT molecular complexity index is 1690. The standard InChI is InChI=1S/C27H24N6O2S/c1-3-18-7-6-8-19(15-18)30-35-17-21-25(34)20-16-24(32-13-11-31(2)12-14-32)28-29-26(20)33-22-9-4-5-10-23(22)36-27(21)33/h1,4-10,15-16,30H,11-14,17H2,2H3. The molecular weight excluding hydrogens is 472 g/mol. The van der Waals surface area contributed by atoms with Gasteiger partial charge in [0, 0.05) is 31.7 Å². The quantitative estimate of drug-likeness (QED) is 0.294.